The smallest absolute Gasteiger partial charge is 0.239 e. The van der Waals surface area contributed by atoms with Crippen LogP contribution in [0.4, 0.5) is 0 Å². The van der Waals surface area contributed by atoms with Gasteiger partial charge in [0, 0.05) is 13.0 Å². The zero-order valence-corrected chi connectivity index (χ0v) is 10.2. The first-order valence-corrected chi connectivity index (χ1v) is 5.83. The van der Waals surface area contributed by atoms with E-state index in [-0.39, 0.29) is 18.4 Å². The van der Waals surface area contributed by atoms with Crippen LogP contribution in [0.15, 0.2) is 0 Å². The maximum absolute atomic E-state index is 11.3. The van der Waals surface area contributed by atoms with E-state index < -0.39 is 0 Å². The van der Waals surface area contributed by atoms with Crippen molar-refractivity contribution in [1.29, 1.82) is 0 Å². The summed E-state index contributed by atoms with van der Waals surface area (Å²) in [6.07, 6.45) is 2.21. The minimum Gasteiger partial charge on any atom is -0.355 e. The molecule has 0 aromatic heterocycles. The first-order valence-electron chi connectivity index (χ1n) is 5.83. The lowest BCUT2D eigenvalue weighted by Gasteiger charge is -2.09. The number of carbonyl (C=O) groups excluding carboxylic acids is 2. The largest absolute Gasteiger partial charge is 0.355 e. The Balaban J connectivity index is 3.55. The monoisotopic (exact) mass is 229 g/mol. The molecule has 0 spiro atoms. The highest BCUT2D eigenvalue weighted by molar-refractivity contribution is 5.84. The Hall–Kier alpha value is -1.10. The normalized spacial score (nSPS) is 11.9. The second-order valence-corrected chi connectivity index (χ2v) is 3.95. The van der Waals surface area contributed by atoms with Gasteiger partial charge in [-0.1, -0.05) is 6.92 Å². The molecule has 0 radical (unpaired) electrons. The van der Waals surface area contributed by atoms with Gasteiger partial charge in [0.2, 0.25) is 11.8 Å². The molecule has 0 saturated heterocycles. The summed E-state index contributed by atoms with van der Waals surface area (Å²) in [4.78, 5) is 22.4. The number of nitrogens with two attached hydrogens (primary N) is 1. The molecular formula is C11H23N3O2. The Morgan fingerprint density at radius 2 is 1.88 bits per heavy atom. The van der Waals surface area contributed by atoms with E-state index in [0.29, 0.717) is 25.4 Å². The average Bonchev–Trinajstić information content (AvgIpc) is 2.24. The lowest BCUT2D eigenvalue weighted by atomic mass is 10.0. The van der Waals surface area contributed by atoms with E-state index in [4.69, 9.17) is 5.73 Å². The van der Waals surface area contributed by atoms with Gasteiger partial charge in [-0.3, -0.25) is 9.59 Å². The van der Waals surface area contributed by atoms with Crippen LogP contribution in [0.3, 0.4) is 0 Å². The van der Waals surface area contributed by atoms with Crippen molar-refractivity contribution in [1.82, 2.24) is 10.6 Å². The highest BCUT2D eigenvalue weighted by Gasteiger charge is 2.07. The van der Waals surface area contributed by atoms with E-state index in [1.165, 1.54) is 0 Å². The second-order valence-electron chi connectivity index (χ2n) is 3.95. The summed E-state index contributed by atoms with van der Waals surface area (Å²) in [5.41, 5.74) is 5.41. The number of hydrogen-bond donors (Lipinski definition) is 3. The third-order valence-electron chi connectivity index (χ3n) is 2.34. The fourth-order valence-corrected chi connectivity index (χ4v) is 1.33. The van der Waals surface area contributed by atoms with Gasteiger partial charge < -0.3 is 16.4 Å². The maximum atomic E-state index is 11.3. The van der Waals surface area contributed by atoms with Crippen molar-refractivity contribution in [3.63, 3.8) is 0 Å². The Morgan fingerprint density at radius 1 is 1.19 bits per heavy atom. The van der Waals surface area contributed by atoms with Crippen LogP contribution < -0.4 is 16.4 Å². The van der Waals surface area contributed by atoms with Crippen molar-refractivity contribution in [2.45, 2.75) is 33.1 Å². The minimum atomic E-state index is -0.147. The fraction of sp³-hybridized carbons (Fsp3) is 0.818. The highest BCUT2D eigenvalue weighted by atomic mass is 16.2. The molecular weight excluding hydrogens is 206 g/mol. The molecule has 0 bridgehead atoms. The van der Waals surface area contributed by atoms with Crippen molar-refractivity contribution in [3.05, 3.63) is 0 Å². The first kappa shape index (κ1) is 14.9. The fourth-order valence-electron chi connectivity index (χ4n) is 1.33. The van der Waals surface area contributed by atoms with Gasteiger partial charge in [-0.25, -0.2) is 0 Å². The van der Waals surface area contributed by atoms with Crippen molar-refractivity contribution in [2.24, 2.45) is 11.7 Å². The lowest BCUT2D eigenvalue weighted by Crippen LogP contribution is -2.36. The summed E-state index contributed by atoms with van der Waals surface area (Å²) in [5.74, 6) is 0.237. The van der Waals surface area contributed by atoms with Crippen molar-refractivity contribution < 1.29 is 9.59 Å². The maximum Gasteiger partial charge on any atom is 0.239 e. The van der Waals surface area contributed by atoms with Gasteiger partial charge in [0.05, 0.1) is 6.54 Å². The molecule has 2 amide bonds. The molecule has 0 aliphatic rings. The SMILES string of the molecule is CCNC(=O)CNC(=O)CCC(C)CCN. The third kappa shape index (κ3) is 8.23. The molecule has 0 aliphatic carbocycles. The highest BCUT2D eigenvalue weighted by Crippen LogP contribution is 2.08. The Morgan fingerprint density at radius 3 is 2.44 bits per heavy atom. The van der Waals surface area contributed by atoms with Crippen LogP contribution >= 0.6 is 0 Å². The average molecular weight is 229 g/mol. The summed E-state index contributed by atoms with van der Waals surface area (Å²) in [6, 6.07) is 0. The minimum absolute atomic E-state index is 0.0674. The first-order chi connectivity index (χ1) is 7.60. The third-order valence-corrected chi connectivity index (χ3v) is 2.34. The number of likely N-dealkylation sites (N-methyl/N-ethyl adjacent to an activating group) is 1. The molecule has 16 heavy (non-hydrogen) atoms. The molecule has 5 heteroatoms. The summed E-state index contributed by atoms with van der Waals surface area (Å²) in [7, 11) is 0. The number of hydrogen-bond acceptors (Lipinski definition) is 3. The molecule has 1 unspecified atom stereocenters. The zero-order valence-electron chi connectivity index (χ0n) is 10.2. The topological polar surface area (TPSA) is 84.2 Å². The molecule has 5 nitrogen and oxygen atoms in total. The van der Waals surface area contributed by atoms with E-state index in [9.17, 15) is 9.59 Å². The molecule has 0 rings (SSSR count). The van der Waals surface area contributed by atoms with Gasteiger partial charge in [0.25, 0.3) is 0 Å². The van der Waals surface area contributed by atoms with Gasteiger partial charge in [0.1, 0.15) is 0 Å². The lowest BCUT2D eigenvalue weighted by molar-refractivity contribution is -0.126. The van der Waals surface area contributed by atoms with Crippen LogP contribution in [0.25, 0.3) is 0 Å². The number of rotatable bonds is 8. The zero-order chi connectivity index (χ0) is 12.4. The molecule has 0 saturated carbocycles. The Labute approximate surface area is 97.2 Å². The summed E-state index contributed by atoms with van der Waals surface area (Å²) in [6.45, 7) is 5.22. The van der Waals surface area contributed by atoms with Crippen molar-refractivity contribution in [3.8, 4) is 0 Å². The molecule has 4 N–H and O–H groups in total. The van der Waals surface area contributed by atoms with E-state index in [1.807, 2.05) is 6.92 Å². The molecule has 0 fully saturated rings. The van der Waals surface area contributed by atoms with Gasteiger partial charge in [-0.15, -0.1) is 0 Å². The Kier molecular flexibility index (Phi) is 8.52. The van der Waals surface area contributed by atoms with Gasteiger partial charge in [-0.2, -0.15) is 0 Å². The van der Waals surface area contributed by atoms with Gasteiger partial charge in [-0.05, 0) is 32.2 Å². The van der Waals surface area contributed by atoms with E-state index >= 15 is 0 Å². The molecule has 0 aromatic rings. The van der Waals surface area contributed by atoms with E-state index in [2.05, 4.69) is 17.6 Å². The Bertz CT molecular complexity index is 219. The van der Waals surface area contributed by atoms with Gasteiger partial charge in [0.15, 0.2) is 0 Å². The second kappa shape index (κ2) is 9.15. The summed E-state index contributed by atoms with van der Waals surface area (Å²) < 4.78 is 0. The standard InChI is InChI=1S/C11H23N3O2/c1-3-13-11(16)8-14-10(15)5-4-9(2)6-7-12/h9H,3-8,12H2,1-2H3,(H,13,16)(H,14,15). The molecule has 0 aliphatic heterocycles. The summed E-state index contributed by atoms with van der Waals surface area (Å²) in [5, 5.41) is 5.20. The predicted molar refractivity (Wildman–Crippen MR) is 63.8 cm³/mol. The van der Waals surface area contributed by atoms with Crippen LogP contribution in [0.1, 0.15) is 33.1 Å². The summed E-state index contributed by atoms with van der Waals surface area (Å²) >= 11 is 0. The molecule has 0 aromatic carbocycles. The van der Waals surface area contributed by atoms with Crippen LogP contribution in [0.2, 0.25) is 0 Å². The molecule has 1 atom stereocenters. The van der Waals surface area contributed by atoms with E-state index in [1.54, 1.807) is 0 Å². The number of carbonyl (C=O) groups is 2. The molecule has 0 heterocycles. The number of amides is 2. The number of nitrogens with one attached hydrogen (secondary N) is 2. The van der Waals surface area contributed by atoms with Crippen LogP contribution in [0.5, 0.6) is 0 Å². The predicted octanol–water partition coefficient (Wildman–Crippen LogP) is 0.00380. The van der Waals surface area contributed by atoms with Crippen LogP contribution in [-0.2, 0) is 9.59 Å². The van der Waals surface area contributed by atoms with Crippen molar-refractivity contribution >= 4 is 11.8 Å². The van der Waals surface area contributed by atoms with E-state index in [0.717, 1.165) is 12.8 Å². The quantitative estimate of drug-likeness (QED) is 0.548. The van der Waals surface area contributed by atoms with Gasteiger partial charge >= 0.3 is 0 Å². The molecule has 94 valence electrons. The van der Waals surface area contributed by atoms with Crippen LogP contribution in [0, 0.1) is 5.92 Å². The van der Waals surface area contributed by atoms with Crippen molar-refractivity contribution in [2.75, 3.05) is 19.6 Å². The van der Waals surface area contributed by atoms with Crippen LogP contribution in [-0.4, -0.2) is 31.4 Å².